The van der Waals surface area contributed by atoms with Crippen LogP contribution in [0.1, 0.15) is 12.0 Å². The second kappa shape index (κ2) is 6.75. The number of amides is 2. The van der Waals surface area contributed by atoms with E-state index in [0.717, 1.165) is 6.42 Å². The number of likely N-dealkylation sites (N-methyl/N-ethyl adjacent to an activating group) is 1. The van der Waals surface area contributed by atoms with E-state index in [2.05, 4.69) is 0 Å². The van der Waals surface area contributed by atoms with Gasteiger partial charge in [0.15, 0.2) is 6.61 Å². The minimum Gasteiger partial charge on any atom is -0.484 e. The molecule has 6 nitrogen and oxygen atoms in total. The van der Waals surface area contributed by atoms with Gasteiger partial charge < -0.3 is 14.5 Å². The fraction of sp³-hybridized carbons (Fsp3) is 0.400. The van der Waals surface area contributed by atoms with E-state index in [9.17, 15) is 9.59 Å². The maximum atomic E-state index is 12.1. The van der Waals surface area contributed by atoms with E-state index in [1.54, 1.807) is 36.2 Å². The third kappa shape index (κ3) is 3.96. The molecule has 6 heteroatoms. The normalized spacial score (nSPS) is 15.3. The Balaban J connectivity index is 1.88. The lowest BCUT2D eigenvalue weighted by Gasteiger charge is -2.19. The van der Waals surface area contributed by atoms with E-state index in [1.807, 2.05) is 6.07 Å². The van der Waals surface area contributed by atoms with Crippen molar-refractivity contribution in [3.8, 4) is 11.8 Å². The molecule has 110 valence electrons. The van der Waals surface area contributed by atoms with E-state index in [4.69, 9.17) is 10.00 Å². The van der Waals surface area contributed by atoms with Crippen molar-refractivity contribution in [3.05, 3.63) is 29.8 Å². The van der Waals surface area contributed by atoms with E-state index in [-0.39, 0.29) is 25.0 Å². The van der Waals surface area contributed by atoms with Crippen molar-refractivity contribution in [2.24, 2.45) is 0 Å². The van der Waals surface area contributed by atoms with Crippen LogP contribution in [0.4, 0.5) is 0 Å². The Labute approximate surface area is 123 Å². The number of ether oxygens (including phenoxy) is 1. The number of hydrogen-bond acceptors (Lipinski definition) is 4. The van der Waals surface area contributed by atoms with Crippen LogP contribution in [0.2, 0.25) is 0 Å². The van der Waals surface area contributed by atoms with Gasteiger partial charge in [0, 0.05) is 20.1 Å². The van der Waals surface area contributed by atoms with Crippen LogP contribution in [0.15, 0.2) is 24.3 Å². The fourth-order valence-electron chi connectivity index (χ4n) is 2.06. The molecule has 0 unspecified atom stereocenters. The third-order valence-corrected chi connectivity index (χ3v) is 3.37. The predicted molar refractivity (Wildman–Crippen MR) is 75.5 cm³/mol. The van der Waals surface area contributed by atoms with Gasteiger partial charge in [-0.15, -0.1) is 0 Å². The Kier molecular flexibility index (Phi) is 4.77. The van der Waals surface area contributed by atoms with E-state index in [1.165, 1.54) is 4.90 Å². The Hall–Kier alpha value is -2.55. The van der Waals surface area contributed by atoms with Gasteiger partial charge >= 0.3 is 0 Å². The van der Waals surface area contributed by atoms with Gasteiger partial charge in [0.25, 0.3) is 5.91 Å². The maximum absolute atomic E-state index is 12.1. The van der Waals surface area contributed by atoms with Gasteiger partial charge in [0.1, 0.15) is 5.75 Å². The zero-order valence-corrected chi connectivity index (χ0v) is 11.9. The first kappa shape index (κ1) is 14.9. The molecular weight excluding hydrogens is 270 g/mol. The second-order valence-corrected chi connectivity index (χ2v) is 4.91. The van der Waals surface area contributed by atoms with Crippen molar-refractivity contribution in [2.45, 2.75) is 6.42 Å². The third-order valence-electron chi connectivity index (χ3n) is 3.37. The molecule has 0 spiro atoms. The Morgan fingerprint density at radius 1 is 1.33 bits per heavy atom. The van der Waals surface area contributed by atoms with Gasteiger partial charge in [-0.2, -0.15) is 5.26 Å². The summed E-state index contributed by atoms with van der Waals surface area (Å²) >= 11 is 0. The molecule has 1 aromatic carbocycles. The molecule has 1 aliphatic heterocycles. The van der Waals surface area contributed by atoms with Gasteiger partial charge in [-0.1, -0.05) is 0 Å². The summed E-state index contributed by atoms with van der Waals surface area (Å²) in [7, 11) is 1.74. The average Bonchev–Trinajstić information content (AvgIpc) is 2.67. The Morgan fingerprint density at radius 3 is 2.71 bits per heavy atom. The highest BCUT2D eigenvalue weighted by atomic mass is 16.5. The van der Waals surface area contributed by atoms with Crippen LogP contribution < -0.4 is 4.74 Å². The standard InChI is InChI=1S/C15H17N3O3/c1-17-7-2-8-18(10-14(17)19)15(20)11-21-13-5-3-12(9-16)4-6-13/h3-6H,2,7-8,10-11H2,1H3. The van der Waals surface area contributed by atoms with Crippen molar-refractivity contribution in [1.29, 1.82) is 5.26 Å². The van der Waals surface area contributed by atoms with Crippen LogP contribution in [0.3, 0.4) is 0 Å². The molecule has 1 aromatic rings. The lowest BCUT2D eigenvalue weighted by Crippen LogP contribution is -2.40. The summed E-state index contributed by atoms with van der Waals surface area (Å²) in [5, 5.41) is 8.70. The number of benzene rings is 1. The first-order chi connectivity index (χ1) is 10.1. The first-order valence-electron chi connectivity index (χ1n) is 6.75. The monoisotopic (exact) mass is 287 g/mol. The van der Waals surface area contributed by atoms with Crippen LogP contribution in [-0.4, -0.2) is 54.9 Å². The molecule has 0 atom stereocenters. The number of carbonyl (C=O) groups excluding carboxylic acids is 2. The minimum absolute atomic E-state index is 0.0563. The molecule has 0 aliphatic carbocycles. The molecule has 2 rings (SSSR count). The molecule has 0 saturated carbocycles. The summed E-state index contributed by atoms with van der Waals surface area (Å²) in [6, 6.07) is 8.56. The van der Waals surface area contributed by atoms with Gasteiger partial charge in [-0.25, -0.2) is 0 Å². The number of nitriles is 1. The SMILES string of the molecule is CN1CCCN(C(=O)COc2ccc(C#N)cc2)CC1=O. The molecule has 0 bridgehead atoms. The Morgan fingerprint density at radius 2 is 2.05 bits per heavy atom. The molecule has 1 heterocycles. The summed E-state index contributed by atoms with van der Waals surface area (Å²) in [6.45, 7) is 1.22. The zero-order chi connectivity index (χ0) is 15.2. The van der Waals surface area contributed by atoms with Crippen LogP contribution in [0.25, 0.3) is 0 Å². The highest BCUT2D eigenvalue weighted by Gasteiger charge is 2.22. The lowest BCUT2D eigenvalue weighted by atomic mass is 10.2. The van der Waals surface area contributed by atoms with Crippen molar-refractivity contribution in [3.63, 3.8) is 0 Å². The number of hydrogen-bond donors (Lipinski definition) is 0. The lowest BCUT2D eigenvalue weighted by molar-refractivity contribution is -0.139. The maximum Gasteiger partial charge on any atom is 0.260 e. The van der Waals surface area contributed by atoms with Gasteiger partial charge in [0.2, 0.25) is 5.91 Å². The van der Waals surface area contributed by atoms with Gasteiger partial charge in [-0.3, -0.25) is 9.59 Å². The first-order valence-corrected chi connectivity index (χ1v) is 6.75. The van der Waals surface area contributed by atoms with Crippen LogP contribution in [0.5, 0.6) is 5.75 Å². The highest BCUT2D eigenvalue weighted by Crippen LogP contribution is 2.12. The van der Waals surface area contributed by atoms with Crippen molar-refractivity contribution in [2.75, 3.05) is 33.3 Å². The summed E-state index contributed by atoms with van der Waals surface area (Å²) < 4.78 is 5.40. The van der Waals surface area contributed by atoms with Crippen LogP contribution in [0, 0.1) is 11.3 Å². The number of rotatable bonds is 3. The Bertz CT molecular complexity index is 563. The fourth-order valence-corrected chi connectivity index (χ4v) is 2.06. The smallest absolute Gasteiger partial charge is 0.260 e. The molecule has 2 amide bonds. The van der Waals surface area contributed by atoms with E-state index in [0.29, 0.717) is 24.4 Å². The predicted octanol–water partition coefficient (Wildman–Crippen LogP) is 0.628. The summed E-state index contributed by atoms with van der Waals surface area (Å²) in [4.78, 5) is 27.0. The zero-order valence-electron chi connectivity index (χ0n) is 11.9. The van der Waals surface area contributed by atoms with Crippen molar-refractivity contribution >= 4 is 11.8 Å². The molecule has 0 N–H and O–H groups in total. The molecule has 1 aliphatic rings. The van der Waals surface area contributed by atoms with Crippen LogP contribution in [-0.2, 0) is 9.59 Å². The van der Waals surface area contributed by atoms with Crippen molar-refractivity contribution in [1.82, 2.24) is 9.80 Å². The highest BCUT2D eigenvalue weighted by molar-refractivity contribution is 5.85. The largest absolute Gasteiger partial charge is 0.484 e. The van der Waals surface area contributed by atoms with Gasteiger partial charge in [0.05, 0.1) is 18.2 Å². The molecule has 1 saturated heterocycles. The molecule has 1 fully saturated rings. The second-order valence-electron chi connectivity index (χ2n) is 4.91. The number of nitrogens with zero attached hydrogens (tertiary/aromatic N) is 3. The quantitative estimate of drug-likeness (QED) is 0.817. The van der Waals surface area contributed by atoms with Crippen molar-refractivity contribution < 1.29 is 14.3 Å². The topological polar surface area (TPSA) is 73.6 Å². The summed E-state index contributed by atoms with van der Waals surface area (Å²) in [5.74, 6) is 0.267. The van der Waals surface area contributed by atoms with Crippen LogP contribution >= 0.6 is 0 Å². The molecular formula is C15H17N3O3. The average molecular weight is 287 g/mol. The number of carbonyl (C=O) groups is 2. The van der Waals surface area contributed by atoms with E-state index >= 15 is 0 Å². The molecule has 21 heavy (non-hydrogen) atoms. The van der Waals surface area contributed by atoms with E-state index < -0.39 is 0 Å². The van der Waals surface area contributed by atoms with Gasteiger partial charge in [-0.05, 0) is 30.7 Å². The molecule has 0 radical (unpaired) electrons. The molecule has 0 aromatic heterocycles. The minimum atomic E-state index is -0.206. The summed E-state index contributed by atoms with van der Waals surface area (Å²) in [5.41, 5.74) is 0.537. The summed E-state index contributed by atoms with van der Waals surface area (Å²) in [6.07, 6.45) is 0.769.